The maximum atomic E-state index is 12.7. The van der Waals surface area contributed by atoms with E-state index in [2.05, 4.69) is 27.0 Å². The van der Waals surface area contributed by atoms with E-state index in [4.69, 9.17) is 5.73 Å². The first kappa shape index (κ1) is 20.7. The van der Waals surface area contributed by atoms with Crippen LogP contribution in [0, 0.1) is 5.92 Å². The maximum Gasteiger partial charge on any atom is 0.251 e. The van der Waals surface area contributed by atoms with Crippen molar-refractivity contribution in [2.75, 3.05) is 11.1 Å². The molecule has 2 amide bonds. The van der Waals surface area contributed by atoms with Crippen molar-refractivity contribution in [2.45, 2.75) is 50.2 Å². The Morgan fingerprint density at radius 1 is 1.32 bits per heavy atom. The van der Waals surface area contributed by atoms with E-state index in [1.807, 2.05) is 17.5 Å². The quantitative estimate of drug-likeness (QED) is 0.497. The number of nitrogens with one attached hydrogen (secondary N) is 1. The lowest BCUT2D eigenvalue weighted by molar-refractivity contribution is -0.113. The van der Waals surface area contributed by atoms with Crippen molar-refractivity contribution in [3.05, 3.63) is 33.5 Å². The average molecular weight is 474 g/mol. The molecule has 3 heterocycles. The SMILES string of the molecule is CC1CCc2c(sc(NC(=O)CSc3nnc(-c4cccs4)n3C3CC3)c2C(N)=O)C1. The number of carbonyl (C=O) groups is 2. The van der Waals surface area contributed by atoms with Crippen molar-refractivity contribution in [3.8, 4) is 10.7 Å². The third-order valence-corrected chi connectivity index (χ3v) is 8.64. The van der Waals surface area contributed by atoms with E-state index >= 15 is 0 Å². The van der Waals surface area contributed by atoms with Crippen LogP contribution in [0.5, 0.6) is 0 Å². The number of nitrogens with zero attached hydrogens (tertiary/aromatic N) is 3. The summed E-state index contributed by atoms with van der Waals surface area (Å²) in [7, 11) is 0. The lowest BCUT2D eigenvalue weighted by atomic mass is 9.88. The molecule has 2 aliphatic carbocycles. The van der Waals surface area contributed by atoms with Crippen LogP contribution in [0.3, 0.4) is 0 Å². The summed E-state index contributed by atoms with van der Waals surface area (Å²) in [6, 6.07) is 4.45. The zero-order chi connectivity index (χ0) is 21.5. The first-order chi connectivity index (χ1) is 15.0. The highest BCUT2D eigenvalue weighted by Gasteiger charge is 2.31. The molecular formula is C21H23N5O2S3. The van der Waals surface area contributed by atoms with Gasteiger partial charge in [-0.3, -0.25) is 14.2 Å². The number of primary amides is 1. The number of carbonyl (C=O) groups excluding carboxylic acids is 2. The van der Waals surface area contributed by atoms with Crippen molar-refractivity contribution >= 4 is 51.3 Å². The normalized spacial score (nSPS) is 18.0. The van der Waals surface area contributed by atoms with Gasteiger partial charge in [0, 0.05) is 10.9 Å². The first-order valence-corrected chi connectivity index (χ1v) is 13.0. The predicted molar refractivity (Wildman–Crippen MR) is 125 cm³/mol. The van der Waals surface area contributed by atoms with Gasteiger partial charge in [-0.2, -0.15) is 0 Å². The number of thioether (sulfide) groups is 1. The number of hydrogen-bond acceptors (Lipinski definition) is 7. The molecule has 1 fully saturated rings. The van der Waals surface area contributed by atoms with E-state index in [9.17, 15) is 9.59 Å². The third kappa shape index (κ3) is 4.16. The van der Waals surface area contributed by atoms with Crippen LogP contribution in [0.1, 0.15) is 53.0 Å². The molecule has 162 valence electrons. The molecule has 3 aromatic heterocycles. The summed E-state index contributed by atoms with van der Waals surface area (Å²) in [6.07, 6.45) is 5.03. The highest BCUT2D eigenvalue weighted by molar-refractivity contribution is 7.99. The van der Waals surface area contributed by atoms with Gasteiger partial charge in [-0.15, -0.1) is 32.9 Å². The summed E-state index contributed by atoms with van der Waals surface area (Å²) in [5.74, 6) is 1.02. The van der Waals surface area contributed by atoms with Crippen molar-refractivity contribution in [2.24, 2.45) is 11.7 Å². The van der Waals surface area contributed by atoms with E-state index in [-0.39, 0.29) is 11.7 Å². The minimum Gasteiger partial charge on any atom is -0.365 e. The van der Waals surface area contributed by atoms with Gasteiger partial charge in [-0.05, 0) is 55.0 Å². The fourth-order valence-corrected chi connectivity index (χ4v) is 6.95. The van der Waals surface area contributed by atoms with Crippen LogP contribution in [0.15, 0.2) is 22.7 Å². The molecule has 1 atom stereocenters. The molecule has 1 unspecified atom stereocenters. The molecule has 3 aromatic rings. The molecule has 0 spiro atoms. The monoisotopic (exact) mass is 473 g/mol. The third-order valence-electron chi connectivity index (χ3n) is 5.66. The molecular weight excluding hydrogens is 450 g/mol. The van der Waals surface area contributed by atoms with E-state index in [1.165, 1.54) is 28.0 Å². The van der Waals surface area contributed by atoms with E-state index in [0.29, 0.717) is 22.5 Å². The number of anilines is 1. The van der Waals surface area contributed by atoms with Crippen LogP contribution in [0.2, 0.25) is 0 Å². The summed E-state index contributed by atoms with van der Waals surface area (Å²) >= 11 is 4.51. The highest BCUT2D eigenvalue weighted by Crippen LogP contribution is 2.42. The van der Waals surface area contributed by atoms with Crippen LogP contribution in [-0.4, -0.2) is 32.3 Å². The molecule has 10 heteroatoms. The molecule has 3 N–H and O–H groups in total. The standard InChI is InChI=1S/C21H23N5O2S3/c1-11-4-7-13-15(9-11)31-20(17(13)18(22)28)23-16(27)10-30-21-25-24-19(14-3-2-8-29-14)26(21)12-5-6-12/h2-3,8,11-12H,4-7,9-10H2,1H3,(H2,22,28)(H,23,27). The van der Waals surface area contributed by atoms with E-state index < -0.39 is 5.91 Å². The number of amides is 2. The van der Waals surface area contributed by atoms with Gasteiger partial charge >= 0.3 is 0 Å². The summed E-state index contributed by atoms with van der Waals surface area (Å²) in [5.41, 5.74) is 7.17. The lowest BCUT2D eigenvalue weighted by Crippen LogP contribution is -2.20. The van der Waals surface area contributed by atoms with Gasteiger partial charge in [-0.25, -0.2) is 0 Å². The Kier molecular flexibility index (Phi) is 5.61. The van der Waals surface area contributed by atoms with Crippen molar-refractivity contribution in [1.82, 2.24) is 14.8 Å². The number of thiophene rings is 2. The van der Waals surface area contributed by atoms with Crippen LogP contribution in [-0.2, 0) is 17.6 Å². The summed E-state index contributed by atoms with van der Waals surface area (Å²) in [6.45, 7) is 2.21. The predicted octanol–water partition coefficient (Wildman–Crippen LogP) is 4.36. The lowest BCUT2D eigenvalue weighted by Gasteiger charge is -2.18. The fraction of sp³-hybridized carbons (Fsp3) is 0.429. The molecule has 0 aliphatic heterocycles. The second-order valence-electron chi connectivity index (χ2n) is 8.14. The van der Waals surface area contributed by atoms with Gasteiger partial charge in [0.05, 0.1) is 16.2 Å². The van der Waals surface area contributed by atoms with Crippen molar-refractivity contribution in [1.29, 1.82) is 0 Å². The molecule has 0 radical (unpaired) electrons. The highest BCUT2D eigenvalue weighted by atomic mass is 32.2. The number of fused-ring (bicyclic) bond motifs is 1. The van der Waals surface area contributed by atoms with Crippen LogP contribution in [0.4, 0.5) is 5.00 Å². The van der Waals surface area contributed by atoms with Gasteiger partial charge < -0.3 is 11.1 Å². The average Bonchev–Trinajstić information content (AvgIpc) is 3.14. The molecule has 1 saturated carbocycles. The Bertz CT molecular complexity index is 1130. The van der Waals surface area contributed by atoms with Crippen molar-refractivity contribution in [3.63, 3.8) is 0 Å². The summed E-state index contributed by atoms with van der Waals surface area (Å²) in [5, 5.41) is 15.0. The fourth-order valence-electron chi connectivity index (χ4n) is 4.00. The van der Waals surface area contributed by atoms with Gasteiger partial charge in [0.1, 0.15) is 5.00 Å². The Morgan fingerprint density at radius 3 is 2.87 bits per heavy atom. The minimum atomic E-state index is -0.468. The molecule has 0 saturated heterocycles. The van der Waals surface area contributed by atoms with Crippen molar-refractivity contribution < 1.29 is 9.59 Å². The minimum absolute atomic E-state index is 0.165. The molecule has 2 aliphatic rings. The van der Waals surface area contributed by atoms with Gasteiger partial charge in [-0.1, -0.05) is 24.8 Å². The summed E-state index contributed by atoms with van der Waals surface area (Å²) in [4.78, 5) is 27.1. The zero-order valence-electron chi connectivity index (χ0n) is 17.1. The zero-order valence-corrected chi connectivity index (χ0v) is 19.5. The molecule has 31 heavy (non-hydrogen) atoms. The van der Waals surface area contributed by atoms with Crippen LogP contribution < -0.4 is 11.1 Å². The number of nitrogens with two attached hydrogens (primary N) is 1. The van der Waals surface area contributed by atoms with Crippen LogP contribution >= 0.6 is 34.4 Å². The van der Waals surface area contributed by atoms with Gasteiger partial charge in [0.15, 0.2) is 11.0 Å². The number of hydrogen-bond donors (Lipinski definition) is 2. The molecule has 5 rings (SSSR count). The van der Waals surface area contributed by atoms with Gasteiger partial charge in [0.25, 0.3) is 5.91 Å². The number of rotatable bonds is 7. The molecule has 0 aromatic carbocycles. The van der Waals surface area contributed by atoms with E-state index in [1.54, 1.807) is 11.3 Å². The second-order valence-corrected chi connectivity index (χ2v) is 11.1. The Labute approximate surface area is 192 Å². The second kappa shape index (κ2) is 8.40. The molecule has 0 bridgehead atoms. The smallest absolute Gasteiger partial charge is 0.251 e. The maximum absolute atomic E-state index is 12.7. The Hall–Kier alpha value is -2.17. The van der Waals surface area contributed by atoms with E-state index in [0.717, 1.165) is 53.5 Å². The topological polar surface area (TPSA) is 103 Å². The first-order valence-electron chi connectivity index (χ1n) is 10.4. The van der Waals surface area contributed by atoms with Crippen LogP contribution in [0.25, 0.3) is 10.7 Å². The largest absolute Gasteiger partial charge is 0.365 e. The Balaban J connectivity index is 1.31. The Morgan fingerprint density at radius 2 is 2.16 bits per heavy atom. The van der Waals surface area contributed by atoms with Gasteiger partial charge in [0.2, 0.25) is 5.91 Å². The summed E-state index contributed by atoms with van der Waals surface area (Å²) < 4.78 is 2.16. The molecule has 7 nitrogen and oxygen atoms in total. The number of aromatic nitrogens is 3.